The summed E-state index contributed by atoms with van der Waals surface area (Å²) in [6.45, 7) is 4.04. The highest BCUT2D eigenvalue weighted by Gasteiger charge is 1.97. The third-order valence-electron chi connectivity index (χ3n) is 1.98. The molecule has 90 valence electrons. The van der Waals surface area contributed by atoms with Gasteiger partial charge in [-0.3, -0.25) is 4.79 Å². The molecule has 0 aliphatic rings. The Bertz CT molecular complexity index is 381. The van der Waals surface area contributed by atoms with Gasteiger partial charge in [0.25, 0.3) is 0 Å². The van der Waals surface area contributed by atoms with E-state index in [9.17, 15) is 9.59 Å². The number of ether oxygens (including phenoxy) is 2. The molecule has 0 aromatic heterocycles. The minimum atomic E-state index is -0.430. The maximum absolute atomic E-state index is 10.7. The van der Waals surface area contributed by atoms with Crippen LogP contribution in [0.2, 0.25) is 0 Å². The number of aldehydes is 1. The van der Waals surface area contributed by atoms with Crippen LogP contribution in [0.25, 0.3) is 0 Å². The predicted octanol–water partition coefficient (Wildman–Crippen LogP) is 2.00. The normalized spacial score (nSPS) is 9.41. The van der Waals surface area contributed by atoms with Gasteiger partial charge < -0.3 is 9.47 Å². The van der Waals surface area contributed by atoms with Gasteiger partial charge in [0.15, 0.2) is 0 Å². The van der Waals surface area contributed by atoms with Gasteiger partial charge in [-0.2, -0.15) is 0 Å². The van der Waals surface area contributed by atoms with Crippen LogP contribution in [-0.4, -0.2) is 25.5 Å². The van der Waals surface area contributed by atoms with Gasteiger partial charge in [-0.1, -0.05) is 6.58 Å². The van der Waals surface area contributed by atoms with Crippen LogP contribution in [0.15, 0.2) is 36.9 Å². The molecule has 0 bridgehead atoms. The first-order valence-corrected chi connectivity index (χ1v) is 5.23. The number of benzene rings is 1. The maximum atomic E-state index is 10.7. The number of hydrogen-bond donors (Lipinski definition) is 0. The number of esters is 1. The Morgan fingerprint density at radius 3 is 2.53 bits per heavy atom. The molecule has 4 heteroatoms. The fourth-order valence-corrected chi connectivity index (χ4v) is 1.12. The van der Waals surface area contributed by atoms with Crippen molar-refractivity contribution in [1.29, 1.82) is 0 Å². The molecule has 17 heavy (non-hydrogen) atoms. The summed E-state index contributed by atoms with van der Waals surface area (Å²) in [6, 6.07) is 6.80. The quantitative estimate of drug-likeness (QED) is 0.313. The van der Waals surface area contributed by atoms with Crippen molar-refractivity contribution in [2.24, 2.45) is 0 Å². The van der Waals surface area contributed by atoms with Crippen LogP contribution in [0.1, 0.15) is 16.8 Å². The minimum absolute atomic E-state index is 0.303. The SMILES string of the molecule is C=CC(=O)OCCCOc1ccc(C=O)cc1. The van der Waals surface area contributed by atoms with Crippen molar-refractivity contribution in [2.75, 3.05) is 13.2 Å². The third kappa shape index (κ3) is 4.97. The predicted molar refractivity (Wildman–Crippen MR) is 63.1 cm³/mol. The summed E-state index contributed by atoms with van der Waals surface area (Å²) >= 11 is 0. The average Bonchev–Trinajstić information content (AvgIpc) is 2.38. The van der Waals surface area contributed by atoms with E-state index in [2.05, 4.69) is 6.58 Å². The molecule has 0 N–H and O–H groups in total. The molecule has 0 radical (unpaired) electrons. The van der Waals surface area contributed by atoms with Gasteiger partial charge in [-0.15, -0.1) is 0 Å². The first-order valence-electron chi connectivity index (χ1n) is 5.23. The highest BCUT2D eigenvalue weighted by atomic mass is 16.5. The average molecular weight is 234 g/mol. The van der Waals surface area contributed by atoms with Crippen LogP contribution in [-0.2, 0) is 9.53 Å². The van der Waals surface area contributed by atoms with E-state index in [0.717, 1.165) is 12.4 Å². The van der Waals surface area contributed by atoms with Gasteiger partial charge in [0.1, 0.15) is 12.0 Å². The molecule has 1 rings (SSSR count). The summed E-state index contributed by atoms with van der Waals surface area (Å²) in [5.41, 5.74) is 0.609. The summed E-state index contributed by atoms with van der Waals surface area (Å²) in [7, 11) is 0. The zero-order valence-corrected chi connectivity index (χ0v) is 9.43. The summed E-state index contributed by atoms with van der Waals surface area (Å²) in [5, 5.41) is 0. The Balaban J connectivity index is 2.19. The summed E-state index contributed by atoms with van der Waals surface area (Å²) in [5.74, 6) is 0.256. The second kappa shape index (κ2) is 7.22. The largest absolute Gasteiger partial charge is 0.493 e. The maximum Gasteiger partial charge on any atom is 0.330 e. The van der Waals surface area contributed by atoms with E-state index < -0.39 is 5.97 Å². The highest BCUT2D eigenvalue weighted by Crippen LogP contribution is 2.11. The Hall–Kier alpha value is -2.10. The number of hydrogen-bond acceptors (Lipinski definition) is 4. The van der Waals surface area contributed by atoms with Crippen LogP contribution < -0.4 is 4.74 Å². The van der Waals surface area contributed by atoms with E-state index in [4.69, 9.17) is 9.47 Å². The second-order valence-corrected chi connectivity index (χ2v) is 3.26. The van der Waals surface area contributed by atoms with Crippen molar-refractivity contribution < 1.29 is 19.1 Å². The standard InChI is InChI=1S/C13H14O4/c1-2-13(15)17-9-3-8-16-12-6-4-11(10-14)5-7-12/h2,4-7,10H,1,3,8-9H2. The number of carbonyl (C=O) groups is 2. The molecule has 0 spiro atoms. The van der Waals surface area contributed by atoms with E-state index in [-0.39, 0.29) is 0 Å². The molecule has 0 saturated carbocycles. The smallest absolute Gasteiger partial charge is 0.330 e. The van der Waals surface area contributed by atoms with E-state index in [0.29, 0.717) is 30.9 Å². The second-order valence-electron chi connectivity index (χ2n) is 3.26. The lowest BCUT2D eigenvalue weighted by Gasteiger charge is -2.06. The van der Waals surface area contributed by atoms with Gasteiger partial charge in [-0.05, 0) is 24.3 Å². The fraction of sp³-hybridized carbons (Fsp3) is 0.231. The molecular weight excluding hydrogens is 220 g/mol. The molecule has 0 saturated heterocycles. The highest BCUT2D eigenvalue weighted by molar-refractivity contribution is 5.81. The molecule has 0 heterocycles. The van der Waals surface area contributed by atoms with E-state index >= 15 is 0 Å². The molecule has 0 unspecified atom stereocenters. The van der Waals surface area contributed by atoms with E-state index in [1.807, 2.05) is 0 Å². The van der Waals surface area contributed by atoms with Gasteiger partial charge in [0.05, 0.1) is 13.2 Å². The van der Waals surface area contributed by atoms with Crippen molar-refractivity contribution in [2.45, 2.75) is 6.42 Å². The Labute approximate surface area is 99.8 Å². The summed E-state index contributed by atoms with van der Waals surface area (Å²) < 4.78 is 10.2. The number of rotatable bonds is 7. The molecule has 1 aromatic carbocycles. The molecule has 4 nitrogen and oxygen atoms in total. The van der Waals surface area contributed by atoms with E-state index in [1.54, 1.807) is 24.3 Å². The summed E-state index contributed by atoms with van der Waals surface area (Å²) in [4.78, 5) is 21.1. The third-order valence-corrected chi connectivity index (χ3v) is 1.98. The summed E-state index contributed by atoms with van der Waals surface area (Å²) in [6.07, 6.45) is 2.51. The van der Waals surface area contributed by atoms with Crippen LogP contribution in [0.5, 0.6) is 5.75 Å². The van der Waals surface area contributed by atoms with Gasteiger partial charge in [-0.25, -0.2) is 4.79 Å². The van der Waals surface area contributed by atoms with Gasteiger partial charge in [0, 0.05) is 18.1 Å². The molecule has 0 amide bonds. The lowest BCUT2D eigenvalue weighted by Crippen LogP contribution is -2.06. The van der Waals surface area contributed by atoms with Gasteiger partial charge >= 0.3 is 5.97 Å². The topological polar surface area (TPSA) is 52.6 Å². The van der Waals surface area contributed by atoms with Crippen molar-refractivity contribution >= 4 is 12.3 Å². The molecule has 0 aliphatic carbocycles. The fourth-order valence-electron chi connectivity index (χ4n) is 1.12. The molecule has 0 aliphatic heterocycles. The van der Waals surface area contributed by atoms with E-state index in [1.165, 1.54) is 0 Å². The number of carbonyl (C=O) groups excluding carboxylic acids is 2. The van der Waals surface area contributed by atoms with Gasteiger partial charge in [0.2, 0.25) is 0 Å². The molecule has 0 atom stereocenters. The molecular formula is C13H14O4. The van der Waals surface area contributed by atoms with Crippen LogP contribution >= 0.6 is 0 Å². The van der Waals surface area contributed by atoms with Crippen molar-refractivity contribution in [3.8, 4) is 5.75 Å². The molecule has 0 fully saturated rings. The lowest BCUT2D eigenvalue weighted by molar-refractivity contribution is -0.137. The van der Waals surface area contributed by atoms with Crippen molar-refractivity contribution in [1.82, 2.24) is 0 Å². The first kappa shape index (κ1) is 13.0. The Kier molecular flexibility index (Phi) is 5.51. The monoisotopic (exact) mass is 234 g/mol. The Morgan fingerprint density at radius 2 is 1.94 bits per heavy atom. The lowest BCUT2D eigenvalue weighted by atomic mass is 10.2. The van der Waals surface area contributed by atoms with Crippen LogP contribution in [0.4, 0.5) is 0 Å². The zero-order valence-electron chi connectivity index (χ0n) is 9.43. The first-order chi connectivity index (χ1) is 8.26. The van der Waals surface area contributed by atoms with Crippen molar-refractivity contribution in [3.05, 3.63) is 42.5 Å². The Morgan fingerprint density at radius 1 is 1.24 bits per heavy atom. The van der Waals surface area contributed by atoms with Crippen LogP contribution in [0.3, 0.4) is 0 Å². The molecule has 1 aromatic rings. The van der Waals surface area contributed by atoms with Crippen molar-refractivity contribution in [3.63, 3.8) is 0 Å². The minimum Gasteiger partial charge on any atom is -0.493 e. The zero-order chi connectivity index (χ0) is 12.5. The van der Waals surface area contributed by atoms with Crippen LogP contribution in [0, 0.1) is 0 Å².